The lowest BCUT2D eigenvalue weighted by atomic mass is 10.2. The number of rotatable bonds is 5. The van der Waals surface area contributed by atoms with E-state index < -0.39 is 58.4 Å². The summed E-state index contributed by atoms with van der Waals surface area (Å²) in [5, 5.41) is 4.38. The summed E-state index contributed by atoms with van der Waals surface area (Å²) in [5.41, 5.74) is -5.23. The molecule has 0 aliphatic rings. The number of hydrogen-bond donors (Lipinski definition) is 1. The first-order valence-corrected chi connectivity index (χ1v) is 8.90. The molecule has 0 saturated carbocycles. The van der Waals surface area contributed by atoms with Crippen molar-refractivity contribution in [2.75, 3.05) is 6.54 Å². The van der Waals surface area contributed by atoms with Gasteiger partial charge in [-0.2, -0.15) is 40.2 Å². The van der Waals surface area contributed by atoms with Gasteiger partial charge in [0.05, 0.1) is 35.2 Å². The van der Waals surface area contributed by atoms with Gasteiger partial charge in [0, 0.05) is 18.6 Å². The molecule has 176 valence electrons. The summed E-state index contributed by atoms with van der Waals surface area (Å²) in [4.78, 5) is 21.6. The van der Waals surface area contributed by atoms with E-state index in [0.717, 1.165) is 18.5 Å². The zero-order valence-corrected chi connectivity index (χ0v) is 16.5. The molecular weight excluding hydrogens is 492 g/mol. The second kappa shape index (κ2) is 8.53. The number of halogens is 9. The number of carbonyl (C=O) groups excluding carboxylic acids is 1. The van der Waals surface area contributed by atoms with Crippen LogP contribution < -0.4 is 5.32 Å². The molecule has 0 fully saturated rings. The van der Waals surface area contributed by atoms with Gasteiger partial charge in [0.2, 0.25) is 0 Å². The lowest BCUT2D eigenvalue weighted by molar-refractivity contribution is -0.142. The van der Waals surface area contributed by atoms with Crippen molar-refractivity contribution in [2.24, 2.45) is 0 Å². The molecule has 0 atom stereocenters. The molecule has 3 heterocycles. The van der Waals surface area contributed by atoms with Crippen LogP contribution >= 0.6 is 11.6 Å². The van der Waals surface area contributed by atoms with Crippen LogP contribution in [-0.2, 0) is 18.3 Å². The van der Waals surface area contributed by atoms with Crippen LogP contribution in [0.25, 0.3) is 5.69 Å². The highest BCUT2D eigenvalue weighted by molar-refractivity contribution is 6.31. The Kier molecular flexibility index (Phi) is 6.28. The molecule has 0 radical (unpaired) electrons. The molecule has 3 aromatic rings. The van der Waals surface area contributed by atoms with Gasteiger partial charge in [-0.3, -0.25) is 9.78 Å². The minimum atomic E-state index is -5.05. The van der Waals surface area contributed by atoms with Crippen molar-refractivity contribution in [1.82, 2.24) is 30.0 Å². The molecular formula is C17H9ClF8N6O. The summed E-state index contributed by atoms with van der Waals surface area (Å²) >= 11 is 5.79. The fourth-order valence-corrected chi connectivity index (χ4v) is 2.80. The molecule has 3 aromatic heterocycles. The fraction of sp³-hybridized carbons (Fsp3) is 0.235. The van der Waals surface area contributed by atoms with Crippen LogP contribution in [0.4, 0.5) is 35.1 Å². The molecule has 3 rings (SSSR count). The van der Waals surface area contributed by atoms with E-state index in [1.807, 2.05) is 0 Å². The standard InChI is InChI=1S/C17H9ClF8N6O/c18-10-3-9(32-6-8(4-31-32)16(21,22)23)5-29-12(10)15(19,20)7-30-14(33)11-13(17(24,25)26)28-2-1-27-11/h1-6H,7H2,(H,30,33). The highest BCUT2D eigenvalue weighted by Gasteiger charge is 2.40. The molecule has 0 spiro atoms. The van der Waals surface area contributed by atoms with Crippen LogP contribution in [0.5, 0.6) is 0 Å². The van der Waals surface area contributed by atoms with Gasteiger partial charge < -0.3 is 5.32 Å². The van der Waals surface area contributed by atoms with Crippen molar-refractivity contribution < 1.29 is 39.9 Å². The van der Waals surface area contributed by atoms with E-state index in [1.54, 1.807) is 5.32 Å². The van der Waals surface area contributed by atoms with E-state index in [0.29, 0.717) is 23.3 Å². The molecule has 0 aromatic carbocycles. The van der Waals surface area contributed by atoms with Gasteiger partial charge in [-0.05, 0) is 6.07 Å². The number of hydrogen-bond acceptors (Lipinski definition) is 5. The number of pyridine rings is 1. The SMILES string of the molecule is O=C(NCC(F)(F)c1ncc(-n2cc(C(F)(F)F)cn2)cc1Cl)c1nccnc1C(F)(F)F. The van der Waals surface area contributed by atoms with E-state index in [9.17, 15) is 39.9 Å². The summed E-state index contributed by atoms with van der Waals surface area (Å²) in [7, 11) is 0. The molecule has 7 nitrogen and oxygen atoms in total. The second-order valence-corrected chi connectivity index (χ2v) is 6.74. The summed E-state index contributed by atoms with van der Waals surface area (Å²) < 4.78 is 107. The molecule has 0 unspecified atom stereocenters. The maximum absolute atomic E-state index is 14.5. The Morgan fingerprint density at radius 3 is 2.18 bits per heavy atom. The average Bonchev–Trinajstić information content (AvgIpc) is 3.22. The second-order valence-electron chi connectivity index (χ2n) is 6.33. The number of aromatic nitrogens is 5. The minimum absolute atomic E-state index is 0.173. The molecule has 1 N–H and O–H groups in total. The Bertz CT molecular complexity index is 1180. The first kappa shape index (κ1) is 24.3. The predicted molar refractivity (Wildman–Crippen MR) is 94.6 cm³/mol. The van der Waals surface area contributed by atoms with Gasteiger partial charge in [0.15, 0.2) is 11.4 Å². The highest BCUT2D eigenvalue weighted by atomic mass is 35.5. The third kappa shape index (κ3) is 5.35. The number of carbonyl (C=O) groups is 1. The Labute approximate surface area is 183 Å². The van der Waals surface area contributed by atoms with Crippen molar-refractivity contribution in [3.63, 3.8) is 0 Å². The van der Waals surface area contributed by atoms with Crippen molar-refractivity contribution in [2.45, 2.75) is 18.3 Å². The van der Waals surface area contributed by atoms with Gasteiger partial charge in [0.1, 0.15) is 5.69 Å². The van der Waals surface area contributed by atoms with Crippen LogP contribution in [0.15, 0.2) is 37.1 Å². The predicted octanol–water partition coefficient (Wildman–Crippen LogP) is 4.27. The van der Waals surface area contributed by atoms with Crippen molar-refractivity contribution in [3.05, 3.63) is 64.7 Å². The summed E-state index contributed by atoms with van der Waals surface area (Å²) in [6.45, 7) is -1.51. The number of amides is 1. The van der Waals surface area contributed by atoms with Crippen LogP contribution in [0.3, 0.4) is 0 Å². The van der Waals surface area contributed by atoms with Gasteiger partial charge in [-0.1, -0.05) is 11.6 Å². The fourth-order valence-electron chi connectivity index (χ4n) is 2.50. The molecule has 0 saturated heterocycles. The van der Waals surface area contributed by atoms with Gasteiger partial charge in [-0.15, -0.1) is 0 Å². The zero-order chi connectivity index (χ0) is 24.6. The van der Waals surface area contributed by atoms with Crippen LogP contribution in [0.1, 0.15) is 27.4 Å². The van der Waals surface area contributed by atoms with Crippen LogP contribution in [-0.4, -0.2) is 37.2 Å². The molecule has 0 bridgehead atoms. The number of nitrogens with zero attached hydrogens (tertiary/aromatic N) is 5. The highest BCUT2D eigenvalue weighted by Crippen LogP contribution is 2.34. The van der Waals surface area contributed by atoms with E-state index in [-0.39, 0.29) is 5.69 Å². The molecule has 0 aliphatic carbocycles. The topological polar surface area (TPSA) is 85.6 Å². The summed E-state index contributed by atoms with van der Waals surface area (Å²) in [5.74, 6) is -5.54. The lowest BCUT2D eigenvalue weighted by Gasteiger charge is -2.18. The Hall–Kier alpha value is -3.36. The van der Waals surface area contributed by atoms with E-state index >= 15 is 0 Å². The maximum atomic E-state index is 14.5. The lowest BCUT2D eigenvalue weighted by Crippen LogP contribution is -2.37. The smallest absolute Gasteiger partial charge is 0.344 e. The van der Waals surface area contributed by atoms with Crippen LogP contribution in [0.2, 0.25) is 5.02 Å². The van der Waals surface area contributed by atoms with Crippen LogP contribution in [0, 0.1) is 0 Å². The van der Waals surface area contributed by atoms with Crippen molar-refractivity contribution >= 4 is 17.5 Å². The number of nitrogens with one attached hydrogen (secondary N) is 1. The number of alkyl halides is 8. The largest absolute Gasteiger partial charge is 0.435 e. The normalized spacial score (nSPS) is 12.6. The Morgan fingerprint density at radius 1 is 0.939 bits per heavy atom. The average molecular weight is 501 g/mol. The van der Waals surface area contributed by atoms with Gasteiger partial charge >= 0.3 is 18.3 Å². The molecule has 0 aliphatic heterocycles. The third-order valence-corrected chi connectivity index (χ3v) is 4.29. The van der Waals surface area contributed by atoms with E-state index in [4.69, 9.17) is 11.6 Å². The van der Waals surface area contributed by atoms with Gasteiger partial charge in [-0.25, -0.2) is 14.6 Å². The first-order chi connectivity index (χ1) is 15.2. The Morgan fingerprint density at radius 2 is 1.61 bits per heavy atom. The zero-order valence-electron chi connectivity index (χ0n) is 15.7. The minimum Gasteiger partial charge on any atom is -0.344 e. The molecule has 1 amide bonds. The van der Waals surface area contributed by atoms with E-state index in [1.165, 1.54) is 0 Å². The van der Waals surface area contributed by atoms with Crippen molar-refractivity contribution in [3.8, 4) is 5.69 Å². The van der Waals surface area contributed by atoms with E-state index in [2.05, 4.69) is 20.1 Å². The summed E-state index contributed by atoms with van der Waals surface area (Å²) in [6, 6.07) is 0.858. The first-order valence-electron chi connectivity index (χ1n) is 8.52. The molecule has 16 heteroatoms. The van der Waals surface area contributed by atoms with Crippen molar-refractivity contribution in [1.29, 1.82) is 0 Å². The summed E-state index contributed by atoms with van der Waals surface area (Å²) in [6.07, 6.45) is -6.43. The Balaban J connectivity index is 1.78. The maximum Gasteiger partial charge on any atom is 0.435 e. The third-order valence-electron chi connectivity index (χ3n) is 4.00. The van der Waals surface area contributed by atoms with Gasteiger partial charge in [0.25, 0.3) is 5.91 Å². The monoisotopic (exact) mass is 500 g/mol. The molecule has 33 heavy (non-hydrogen) atoms. The quantitative estimate of drug-likeness (QED) is 0.529.